The van der Waals surface area contributed by atoms with E-state index in [0.717, 1.165) is 12.8 Å². The molecule has 0 fully saturated rings. The fourth-order valence-corrected chi connectivity index (χ4v) is 2.43. The van der Waals surface area contributed by atoms with E-state index in [0.29, 0.717) is 29.5 Å². The van der Waals surface area contributed by atoms with Gasteiger partial charge in [0.05, 0.1) is 19.8 Å². The number of benzene rings is 1. The van der Waals surface area contributed by atoms with Gasteiger partial charge in [0.25, 0.3) is 5.91 Å². The summed E-state index contributed by atoms with van der Waals surface area (Å²) in [5.41, 5.74) is 6.57. The molecule has 1 rings (SSSR count). The molecule has 5 heteroatoms. The number of carbonyl (C=O) groups excluding carboxylic acids is 1. The Morgan fingerprint density at radius 3 is 2.43 bits per heavy atom. The normalized spacial score (nSPS) is 12.1. The molecule has 0 spiro atoms. The van der Waals surface area contributed by atoms with E-state index >= 15 is 0 Å². The quantitative estimate of drug-likeness (QED) is 0.771. The second-order valence-electron chi connectivity index (χ2n) is 4.99. The van der Waals surface area contributed by atoms with E-state index in [1.54, 1.807) is 25.3 Å². The number of para-hydroxylation sites is 1. The van der Waals surface area contributed by atoms with Crippen LogP contribution in [0.25, 0.3) is 0 Å². The molecule has 0 saturated heterocycles. The van der Waals surface area contributed by atoms with Crippen molar-refractivity contribution in [2.24, 2.45) is 11.7 Å². The van der Waals surface area contributed by atoms with E-state index in [1.165, 1.54) is 7.11 Å². The molecule has 0 aromatic heterocycles. The van der Waals surface area contributed by atoms with Crippen LogP contribution in [-0.2, 0) is 0 Å². The summed E-state index contributed by atoms with van der Waals surface area (Å²) < 4.78 is 10.5. The van der Waals surface area contributed by atoms with Gasteiger partial charge in [-0.3, -0.25) is 4.79 Å². The lowest BCUT2D eigenvalue weighted by molar-refractivity contribution is 0.0944. The van der Waals surface area contributed by atoms with Crippen molar-refractivity contribution < 1.29 is 14.3 Å². The van der Waals surface area contributed by atoms with Crippen LogP contribution in [0.4, 0.5) is 0 Å². The molecule has 0 bridgehead atoms. The molecule has 118 valence electrons. The molecular weight excluding hydrogens is 268 g/mol. The number of methoxy groups -OCH3 is 2. The van der Waals surface area contributed by atoms with Crippen molar-refractivity contribution in [3.8, 4) is 11.5 Å². The number of hydrogen-bond acceptors (Lipinski definition) is 4. The van der Waals surface area contributed by atoms with Crippen molar-refractivity contribution in [2.75, 3.05) is 20.8 Å². The maximum absolute atomic E-state index is 12.3. The van der Waals surface area contributed by atoms with Gasteiger partial charge >= 0.3 is 0 Å². The zero-order valence-corrected chi connectivity index (χ0v) is 13.3. The van der Waals surface area contributed by atoms with Crippen LogP contribution in [0.15, 0.2) is 18.2 Å². The predicted molar refractivity (Wildman–Crippen MR) is 83.9 cm³/mol. The molecule has 0 aliphatic rings. The van der Waals surface area contributed by atoms with E-state index in [9.17, 15) is 4.79 Å². The minimum Gasteiger partial charge on any atom is -0.493 e. The average Bonchev–Trinajstić information content (AvgIpc) is 2.52. The van der Waals surface area contributed by atoms with E-state index in [1.807, 2.05) is 0 Å². The first-order valence-electron chi connectivity index (χ1n) is 7.33. The van der Waals surface area contributed by atoms with Crippen LogP contribution in [0.3, 0.4) is 0 Å². The van der Waals surface area contributed by atoms with Gasteiger partial charge in [-0.05, 0) is 18.1 Å². The van der Waals surface area contributed by atoms with E-state index in [-0.39, 0.29) is 11.9 Å². The molecule has 0 aliphatic heterocycles. The third-order valence-corrected chi connectivity index (χ3v) is 3.80. The van der Waals surface area contributed by atoms with E-state index in [2.05, 4.69) is 19.2 Å². The lowest BCUT2D eigenvalue weighted by Gasteiger charge is -2.21. The molecule has 21 heavy (non-hydrogen) atoms. The fourth-order valence-electron chi connectivity index (χ4n) is 2.43. The molecule has 5 nitrogen and oxygen atoms in total. The SMILES string of the molecule is CCC(CC)C(N)CNC(=O)c1cccc(OC)c1OC. The maximum Gasteiger partial charge on any atom is 0.255 e. The fraction of sp³-hybridized carbons (Fsp3) is 0.562. The smallest absolute Gasteiger partial charge is 0.255 e. The summed E-state index contributed by atoms with van der Waals surface area (Å²) in [7, 11) is 3.06. The van der Waals surface area contributed by atoms with Crippen molar-refractivity contribution in [2.45, 2.75) is 32.7 Å². The Morgan fingerprint density at radius 1 is 1.24 bits per heavy atom. The Labute approximate surface area is 126 Å². The van der Waals surface area contributed by atoms with E-state index < -0.39 is 0 Å². The van der Waals surface area contributed by atoms with Gasteiger partial charge in [0.15, 0.2) is 11.5 Å². The zero-order chi connectivity index (χ0) is 15.8. The van der Waals surface area contributed by atoms with E-state index in [4.69, 9.17) is 15.2 Å². The molecular formula is C16H26N2O3. The first-order valence-corrected chi connectivity index (χ1v) is 7.33. The summed E-state index contributed by atoms with van der Waals surface area (Å²) in [4.78, 5) is 12.3. The summed E-state index contributed by atoms with van der Waals surface area (Å²) in [6.07, 6.45) is 2.02. The maximum atomic E-state index is 12.3. The average molecular weight is 294 g/mol. The Balaban J connectivity index is 2.76. The minimum atomic E-state index is -0.202. The molecule has 0 heterocycles. The number of nitrogens with one attached hydrogen (secondary N) is 1. The van der Waals surface area contributed by atoms with Gasteiger partial charge in [0.2, 0.25) is 0 Å². The molecule has 1 unspecified atom stereocenters. The Morgan fingerprint density at radius 2 is 1.90 bits per heavy atom. The summed E-state index contributed by atoms with van der Waals surface area (Å²) in [6.45, 7) is 4.67. The van der Waals surface area contributed by atoms with Crippen molar-refractivity contribution >= 4 is 5.91 Å². The highest BCUT2D eigenvalue weighted by Crippen LogP contribution is 2.30. The number of amides is 1. The third kappa shape index (κ3) is 4.36. The summed E-state index contributed by atoms with van der Waals surface area (Å²) in [6, 6.07) is 5.18. The first kappa shape index (κ1) is 17.3. The van der Waals surface area contributed by atoms with Gasteiger partial charge in [0.1, 0.15) is 0 Å². The second kappa shape index (κ2) is 8.52. The Kier molecular flexibility index (Phi) is 7.02. The van der Waals surface area contributed by atoms with Crippen molar-refractivity contribution in [1.29, 1.82) is 0 Å². The number of hydrogen-bond donors (Lipinski definition) is 2. The summed E-state index contributed by atoms with van der Waals surface area (Å²) >= 11 is 0. The minimum absolute atomic E-state index is 0.0412. The largest absolute Gasteiger partial charge is 0.493 e. The predicted octanol–water partition coefficient (Wildman–Crippen LogP) is 2.20. The first-order chi connectivity index (χ1) is 10.1. The highest BCUT2D eigenvalue weighted by Gasteiger charge is 2.19. The van der Waals surface area contributed by atoms with Gasteiger partial charge in [-0.25, -0.2) is 0 Å². The number of carbonyl (C=O) groups is 1. The summed E-state index contributed by atoms with van der Waals surface area (Å²) in [5.74, 6) is 1.19. The Bertz CT molecular complexity index is 459. The van der Waals surface area contributed by atoms with Gasteiger partial charge in [-0.15, -0.1) is 0 Å². The van der Waals surface area contributed by atoms with Crippen LogP contribution in [0.2, 0.25) is 0 Å². The topological polar surface area (TPSA) is 73.6 Å². The molecule has 0 saturated carbocycles. The Hall–Kier alpha value is -1.75. The number of ether oxygens (including phenoxy) is 2. The van der Waals surface area contributed by atoms with Gasteiger partial charge < -0.3 is 20.5 Å². The van der Waals surface area contributed by atoms with Crippen molar-refractivity contribution in [3.05, 3.63) is 23.8 Å². The highest BCUT2D eigenvalue weighted by atomic mass is 16.5. The van der Waals surface area contributed by atoms with Crippen LogP contribution in [0, 0.1) is 5.92 Å². The van der Waals surface area contributed by atoms with Crippen LogP contribution in [-0.4, -0.2) is 32.7 Å². The van der Waals surface area contributed by atoms with Gasteiger partial charge in [0, 0.05) is 12.6 Å². The molecule has 1 aromatic carbocycles. The van der Waals surface area contributed by atoms with Crippen LogP contribution in [0.1, 0.15) is 37.0 Å². The molecule has 1 atom stereocenters. The van der Waals surface area contributed by atoms with Gasteiger partial charge in [-0.1, -0.05) is 32.8 Å². The highest BCUT2D eigenvalue weighted by molar-refractivity contribution is 5.97. The number of nitrogens with two attached hydrogens (primary N) is 1. The van der Waals surface area contributed by atoms with Crippen LogP contribution in [0.5, 0.6) is 11.5 Å². The molecule has 0 radical (unpaired) electrons. The van der Waals surface area contributed by atoms with Crippen LogP contribution >= 0.6 is 0 Å². The summed E-state index contributed by atoms with van der Waals surface area (Å²) in [5, 5.41) is 2.87. The number of rotatable bonds is 8. The second-order valence-corrected chi connectivity index (χ2v) is 4.99. The third-order valence-electron chi connectivity index (χ3n) is 3.80. The molecule has 0 aliphatic carbocycles. The monoisotopic (exact) mass is 294 g/mol. The van der Waals surface area contributed by atoms with Crippen molar-refractivity contribution in [3.63, 3.8) is 0 Å². The molecule has 1 amide bonds. The molecule has 3 N–H and O–H groups in total. The lowest BCUT2D eigenvalue weighted by Crippen LogP contribution is -2.41. The molecule has 1 aromatic rings. The lowest BCUT2D eigenvalue weighted by atomic mass is 9.95. The van der Waals surface area contributed by atoms with Gasteiger partial charge in [-0.2, -0.15) is 0 Å². The standard InChI is InChI=1S/C16H26N2O3/c1-5-11(6-2)13(17)10-18-16(19)12-8-7-9-14(20-3)15(12)21-4/h7-9,11,13H,5-6,10,17H2,1-4H3,(H,18,19). The zero-order valence-electron chi connectivity index (χ0n) is 13.3. The van der Waals surface area contributed by atoms with Crippen molar-refractivity contribution in [1.82, 2.24) is 5.32 Å². The van der Waals surface area contributed by atoms with Crippen LogP contribution < -0.4 is 20.5 Å².